The summed E-state index contributed by atoms with van der Waals surface area (Å²) in [6.07, 6.45) is 1.02. The lowest BCUT2D eigenvalue weighted by Crippen LogP contribution is -2.72. The number of carbonyl (C=O) groups is 3. The summed E-state index contributed by atoms with van der Waals surface area (Å²) in [4.78, 5) is 38.2. The molecule has 3 rings (SSSR count). The second-order valence-corrected chi connectivity index (χ2v) is 6.40. The van der Waals surface area contributed by atoms with Gasteiger partial charge in [-0.15, -0.1) is 0 Å². The zero-order valence-corrected chi connectivity index (χ0v) is 14.0. The van der Waals surface area contributed by atoms with Gasteiger partial charge in [-0.3, -0.25) is 10.1 Å². The van der Waals surface area contributed by atoms with E-state index in [2.05, 4.69) is 16.0 Å². The number of rotatable bonds is 4. The number of imide groups is 1. The third kappa shape index (κ3) is 3.03. The Balaban J connectivity index is 1.96. The number of benzene rings is 1. The fourth-order valence-electron chi connectivity index (χ4n) is 3.19. The lowest BCUT2D eigenvalue weighted by atomic mass is 9.86. The third-order valence-electron chi connectivity index (χ3n) is 4.35. The van der Waals surface area contributed by atoms with Crippen molar-refractivity contribution in [3.8, 4) is 0 Å². The van der Waals surface area contributed by atoms with Gasteiger partial charge in [0.1, 0.15) is 12.1 Å². The summed E-state index contributed by atoms with van der Waals surface area (Å²) >= 11 is 6.04. The molecule has 0 saturated carbocycles. The largest absolute Gasteiger partial charge is 0.330 e. The third-order valence-corrected chi connectivity index (χ3v) is 4.59. The van der Waals surface area contributed by atoms with Crippen molar-refractivity contribution in [3.63, 3.8) is 0 Å². The zero-order valence-electron chi connectivity index (χ0n) is 13.2. The first kappa shape index (κ1) is 16.6. The van der Waals surface area contributed by atoms with Crippen LogP contribution in [0, 0.1) is 5.92 Å². The number of amides is 5. The quantitative estimate of drug-likeness (QED) is 0.775. The van der Waals surface area contributed by atoms with Crippen LogP contribution in [0.1, 0.15) is 31.4 Å². The predicted octanol–water partition coefficient (Wildman–Crippen LogP) is 1.99. The molecular formula is C16H19ClN4O3. The second-order valence-electron chi connectivity index (χ2n) is 5.96. The van der Waals surface area contributed by atoms with E-state index in [-0.39, 0.29) is 0 Å². The minimum Gasteiger partial charge on any atom is -0.330 e. The summed E-state index contributed by atoms with van der Waals surface area (Å²) in [5.74, 6) is -1.04. The van der Waals surface area contributed by atoms with Gasteiger partial charge in [0.15, 0.2) is 0 Å². The van der Waals surface area contributed by atoms with Crippen LogP contribution in [0.25, 0.3) is 0 Å². The van der Waals surface area contributed by atoms with Crippen LogP contribution in [0.5, 0.6) is 0 Å². The van der Waals surface area contributed by atoms with Gasteiger partial charge in [0.05, 0.1) is 6.04 Å². The predicted molar refractivity (Wildman–Crippen MR) is 88.3 cm³/mol. The number of urea groups is 2. The summed E-state index contributed by atoms with van der Waals surface area (Å²) in [7, 11) is 0. The van der Waals surface area contributed by atoms with E-state index in [0.29, 0.717) is 11.6 Å². The maximum absolute atomic E-state index is 12.5. The summed E-state index contributed by atoms with van der Waals surface area (Å²) in [5, 5.41) is 8.40. The van der Waals surface area contributed by atoms with Crippen LogP contribution < -0.4 is 16.0 Å². The number of hydrogen-bond donors (Lipinski definition) is 3. The van der Waals surface area contributed by atoms with Gasteiger partial charge in [-0.05, 0) is 24.1 Å². The SMILES string of the molecule is CCCCN1C(=O)NC(=O)C2C(c3cccc(Cl)c3)NC(=O)NC21. The zero-order chi connectivity index (χ0) is 17.3. The van der Waals surface area contributed by atoms with E-state index >= 15 is 0 Å². The monoisotopic (exact) mass is 350 g/mol. The summed E-state index contributed by atoms with van der Waals surface area (Å²) < 4.78 is 0. The lowest BCUT2D eigenvalue weighted by Gasteiger charge is -2.46. The van der Waals surface area contributed by atoms with Gasteiger partial charge in [-0.25, -0.2) is 9.59 Å². The van der Waals surface area contributed by atoms with Crippen molar-refractivity contribution in [1.82, 2.24) is 20.9 Å². The molecule has 3 N–H and O–H groups in total. The van der Waals surface area contributed by atoms with Gasteiger partial charge in [0.25, 0.3) is 0 Å². The highest BCUT2D eigenvalue weighted by Crippen LogP contribution is 2.33. The van der Waals surface area contributed by atoms with Crippen molar-refractivity contribution in [1.29, 1.82) is 0 Å². The fraction of sp³-hybridized carbons (Fsp3) is 0.438. The van der Waals surface area contributed by atoms with Crippen LogP contribution in [0.4, 0.5) is 9.59 Å². The summed E-state index contributed by atoms with van der Waals surface area (Å²) in [6.45, 7) is 2.49. The highest BCUT2D eigenvalue weighted by Gasteiger charge is 2.49. The average Bonchev–Trinajstić information content (AvgIpc) is 2.53. The normalized spacial score (nSPS) is 26.3. The molecule has 1 aromatic carbocycles. The van der Waals surface area contributed by atoms with Crippen LogP contribution in [0.3, 0.4) is 0 Å². The van der Waals surface area contributed by atoms with E-state index in [1.807, 2.05) is 6.92 Å². The van der Waals surface area contributed by atoms with Crippen molar-refractivity contribution in [2.45, 2.75) is 32.0 Å². The molecule has 1 aromatic rings. The summed E-state index contributed by atoms with van der Waals surface area (Å²) in [5.41, 5.74) is 0.729. The van der Waals surface area contributed by atoms with Gasteiger partial charge in [0, 0.05) is 11.6 Å². The Labute approximate surface area is 144 Å². The van der Waals surface area contributed by atoms with Crippen molar-refractivity contribution in [2.75, 3.05) is 6.54 Å². The first-order valence-corrected chi connectivity index (χ1v) is 8.33. The summed E-state index contributed by atoms with van der Waals surface area (Å²) in [6, 6.07) is 5.57. The van der Waals surface area contributed by atoms with E-state index in [0.717, 1.165) is 18.4 Å². The van der Waals surface area contributed by atoms with Crippen molar-refractivity contribution < 1.29 is 14.4 Å². The smallest absolute Gasteiger partial charge is 0.325 e. The molecule has 2 fully saturated rings. The van der Waals surface area contributed by atoms with Crippen LogP contribution in [-0.4, -0.2) is 35.6 Å². The van der Waals surface area contributed by atoms with Crippen LogP contribution >= 0.6 is 11.6 Å². The molecular weight excluding hydrogens is 332 g/mol. The molecule has 2 aliphatic heterocycles. The molecule has 128 valence electrons. The standard InChI is InChI=1S/C16H19ClN4O3/c1-2-3-7-21-13-11(14(22)20-16(21)24)12(18-15(23)19-13)9-5-4-6-10(17)8-9/h4-6,8,11-13H,2-3,7H2,1H3,(H2,18,19,23)(H,20,22,24). The molecule has 5 amide bonds. The minimum absolute atomic E-state index is 0.407. The molecule has 0 aliphatic carbocycles. The van der Waals surface area contributed by atoms with Gasteiger partial charge >= 0.3 is 12.1 Å². The topological polar surface area (TPSA) is 90.5 Å². The van der Waals surface area contributed by atoms with Crippen LogP contribution in [0.2, 0.25) is 5.02 Å². The van der Waals surface area contributed by atoms with Gasteiger partial charge in [-0.1, -0.05) is 37.1 Å². The minimum atomic E-state index is -0.671. The lowest BCUT2D eigenvalue weighted by molar-refractivity contribution is -0.130. The molecule has 7 nitrogen and oxygen atoms in total. The molecule has 2 saturated heterocycles. The molecule has 8 heteroatoms. The molecule has 3 unspecified atom stereocenters. The Morgan fingerprint density at radius 3 is 2.71 bits per heavy atom. The van der Waals surface area contributed by atoms with E-state index in [4.69, 9.17) is 11.6 Å². The number of nitrogens with one attached hydrogen (secondary N) is 3. The first-order chi connectivity index (χ1) is 11.5. The molecule has 24 heavy (non-hydrogen) atoms. The van der Waals surface area contributed by atoms with E-state index in [9.17, 15) is 14.4 Å². The number of hydrogen-bond acceptors (Lipinski definition) is 3. The number of nitrogens with zero attached hydrogens (tertiary/aromatic N) is 1. The Bertz CT molecular complexity index is 681. The molecule has 2 aliphatic rings. The van der Waals surface area contributed by atoms with Gasteiger partial charge in [0.2, 0.25) is 5.91 Å². The second kappa shape index (κ2) is 6.68. The van der Waals surface area contributed by atoms with E-state index in [1.54, 1.807) is 24.3 Å². The molecule has 3 atom stereocenters. The highest BCUT2D eigenvalue weighted by molar-refractivity contribution is 6.30. The molecule has 0 spiro atoms. The molecule has 0 bridgehead atoms. The molecule has 2 heterocycles. The number of fused-ring (bicyclic) bond motifs is 1. The molecule has 0 aromatic heterocycles. The fourth-order valence-corrected chi connectivity index (χ4v) is 3.39. The maximum Gasteiger partial charge on any atom is 0.325 e. The Morgan fingerprint density at radius 1 is 1.21 bits per heavy atom. The van der Waals surface area contributed by atoms with Gasteiger partial charge < -0.3 is 15.5 Å². The van der Waals surface area contributed by atoms with Crippen molar-refractivity contribution in [3.05, 3.63) is 34.9 Å². The van der Waals surface area contributed by atoms with Gasteiger partial charge in [-0.2, -0.15) is 0 Å². The van der Waals surface area contributed by atoms with Crippen LogP contribution in [-0.2, 0) is 4.79 Å². The average molecular weight is 351 g/mol. The van der Waals surface area contributed by atoms with Crippen LogP contribution in [0.15, 0.2) is 24.3 Å². The number of carbonyl (C=O) groups excluding carboxylic acids is 3. The Kier molecular flexibility index (Phi) is 4.62. The van der Waals surface area contributed by atoms with E-state index in [1.165, 1.54) is 4.90 Å². The number of halogens is 1. The van der Waals surface area contributed by atoms with Crippen molar-refractivity contribution in [2.24, 2.45) is 5.92 Å². The Hall–Kier alpha value is -2.28. The highest BCUT2D eigenvalue weighted by atomic mass is 35.5. The first-order valence-electron chi connectivity index (χ1n) is 7.95. The van der Waals surface area contributed by atoms with E-state index < -0.39 is 36.1 Å². The maximum atomic E-state index is 12.5. The molecule has 0 radical (unpaired) electrons. The van der Waals surface area contributed by atoms with Crippen molar-refractivity contribution >= 4 is 29.6 Å². The Morgan fingerprint density at radius 2 is 2.00 bits per heavy atom. The number of unbranched alkanes of at least 4 members (excludes halogenated alkanes) is 1.